The molecule has 3 rings (SSSR count). The normalized spacial score (nSPS) is 17.0. The maximum absolute atomic E-state index is 5.33. The first-order valence-electron chi connectivity index (χ1n) is 4.82. The van der Waals surface area contributed by atoms with Gasteiger partial charge in [0.2, 0.25) is 6.79 Å². The third kappa shape index (κ3) is 1.38. The van der Waals surface area contributed by atoms with Crippen molar-refractivity contribution < 1.29 is 9.47 Å². The SMILES string of the molecule is CC1=NN=Cc2cc3c(cc2C1)OCO3. The van der Waals surface area contributed by atoms with Gasteiger partial charge in [0.1, 0.15) is 0 Å². The van der Waals surface area contributed by atoms with Crippen LogP contribution in [0, 0.1) is 0 Å². The molecule has 0 amide bonds. The maximum Gasteiger partial charge on any atom is 0.231 e. The third-order valence-corrected chi connectivity index (χ3v) is 2.51. The van der Waals surface area contributed by atoms with E-state index >= 15 is 0 Å². The molecule has 0 unspecified atom stereocenters. The lowest BCUT2D eigenvalue weighted by Crippen LogP contribution is -1.98. The molecule has 15 heavy (non-hydrogen) atoms. The second-order valence-electron chi connectivity index (χ2n) is 3.66. The molecule has 0 N–H and O–H groups in total. The van der Waals surface area contributed by atoms with Crippen LogP contribution in [-0.2, 0) is 6.42 Å². The highest BCUT2D eigenvalue weighted by atomic mass is 16.7. The van der Waals surface area contributed by atoms with E-state index in [0.29, 0.717) is 6.79 Å². The molecule has 0 aliphatic carbocycles. The highest BCUT2D eigenvalue weighted by Gasteiger charge is 2.17. The lowest BCUT2D eigenvalue weighted by atomic mass is 10.0. The molecule has 0 aromatic heterocycles. The zero-order valence-electron chi connectivity index (χ0n) is 8.36. The fraction of sp³-hybridized carbons (Fsp3) is 0.273. The summed E-state index contributed by atoms with van der Waals surface area (Å²) >= 11 is 0. The van der Waals surface area contributed by atoms with Gasteiger partial charge in [-0.1, -0.05) is 0 Å². The van der Waals surface area contributed by atoms with Gasteiger partial charge < -0.3 is 9.47 Å². The number of benzene rings is 1. The van der Waals surface area contributed by atoms with Gasteiger partial charge in [0, 0.05) is 17.7 Å². The van der Waals surface area contributed by atoms with Gasteiger partial charge in [-0.05, 0) is 24.6 Å². The van der Waals surface area contributed by atoms with Crippen molar-refractivity contribution in [2.24, 2.45) is 10.2 Å². The Morgan fingerprint density at radius 3 is 2.87 bits per heavy atom. The number of nitrogens with zero attached hydrogens (tertiary/aromatic N) is 2. The molecule has 1 aromatic rings. The van der Waals surface area contributed by atoms with Crippen molar-refractivity contribution in [1.82, 2.24) is 0 Å². The highest BCUT2D eigenvalue weighted by Crippen LogP contribution is 2.34. The topological polar surface area (TPSA) is 43.2 Å². The van der Waals surface area contributed by atoms with Crippen molar-refractivity contribution in [3.63, 3.8) is 0 Å². The third-order valence-electron chi connectivity index (χ3n) is 2.51. The molecule has 76 valence electrons. The summed E-state index contributed by atoms with van der Waals surface area (Å²) in [6, 6.07) is 3.96. The van der Waals surface area contributed by atoms with Gasteiger partial charge in [-0.2, -0.15) is 10.2 Å². The minimum absolute atomic E-state index is 0.308. The van der Waals surface area contributed by atoms with Crippen molar-refractivity contribution in [2.45, 2.75) is 13.3 Å². The smallest absolute Gasteiger partial charge is 0.231 e. The number of hydrogen-bond acceptors (Lipinski definition) is 4. The standard InChI is InChI=1S/C11H10N2O2/c1-7-2-8-3-10-11(15-6-14-10)4-9(8)5-12-13-7/h3-5H,2,6H2,1H3. The van der Waals surface area contributed by atoms with E-state index in [0.717, 1.165) is 29.2 Å². The minimum atomic E-state index is 0.308. The Balaban J connectivity index is 2.13. The molecule has 0 fully saturated rings. The second kappa shape index (κ2) is 3.08. The summed E-state index contributed by atoms with van der Waals surface area (Å²) in [5, 5.41) is 8.03. The number of rotatable bonds is 0. The van der Waals surface area contributed by atoms with Gasteiger partial charge in [-0.3, -0.25) is 0 Å². The summed E-state index contributed by atoms with van der Waals surface area (Å²) in [5.41, 5.74) is 3.24. The van der Waals surface area contributed by atoms with Crippen LogP contribution in [0.3, 0.4) is 0 Å². The summed E-state index contributed by atoms with van der Waals surface area (Å²) in [7, 11) is 0. The van der Waals surface area contributed by atoms with Crippen LogP contribution >= 0.6 is 0 Å². The van der Waals surface area contributed by atoms with E-state index in [-0.39, 0.29) is 0 Å². The van der Waals surface area contributed by atoms with E-state index in [1.165, 1.54) is 5.56 Å². The number of ether oxygens (including phenoxy) is 2. The Labute approximate surface area is 87.2 Å². The lowest BCUT2D eigenvalue weighted by molar-refractivity contribution is 0.174. The van der Waals surface area contributed by atoms with Gasteiger partial charge in [-0.25, -0.2) is 0 Å². The van der Waals surface area contributed by atoms with Crippen LogP contribution in [0.15, 0.2) is 22.3 Å². The molecule has 4 nitrogen and oxygen atoms in total. The van der Waals surface area contributed by atoms with Crippen molar-refractivity contribution >= 4 is 11.9 Å². The van der Waals surface area contributed by atoms with E-state index in [1.807, 2.05) is 19.1 Å². The van der Waals surface area contributed by atoms with Crippen molar-refractivity contribution in [1.29, 1.82) is 0 Å². The summed E-state index contributed by atoms with van der Waals surface area (Å²) in [5.74, 6) is 1.61. The Morgan fingerprint density at radius 1 is 1.20 bits per heavy atom. The van der Waals surface area contributed by atoms with Gasteiger partial charge in [0.25, 0.3) is 0 Å². The average molecular weight is 202 g/mol. The van der Waals surface area contributed by atoms with Gasteiger partial charge in [-0.15, -0.1) is 0 Å². The molecule has 0 bridgehead atoms. The van der Waals surface area contributed by atoms with E-state index in [1.54, 1.807) is 6.21 Å². The van der Waals surface area contributed by atoms with Gasteiger partial charge >= 0.3 is 0 Å². The molecule has 0 radical (unpaired) electrons. The predicted molar refractivity (Wildman–Crippen MR) is 57.0 cm³/mol. The van der Waals surface area contributed by atoms with E-state index < -0.39 is 0 Å². The first-order chi connectivity index (χ1) is 7.33. The number of fused-ring (bicyclic) bond motifs is 2. The van der Waals surface area contributed by atoms with Gasteiger partial charge in [0.15, 0.2) is 11.5 Å². The first-order valence-corrected chi connectivity index (χ1v) is 4.82. The quantitative estimate of drug-likeness (QED) is 0.643. The van der Waals surface area contributed by atoms with Crippen LogP contribution in [-0.4, -0.2) is 18.7 Å². The molecule has 0 saturated carbocycles. The molecular formula is C11H10N2O2. The molecule has 2 heterocycles. The van der Waals surface area contributed by atoms with Crippen LogP contribution in [0.5, 0.6) is 11.5 Å². The molecule has 0 saturated heterocycles. The zero-order valence-corrected chi connectivity index (χ0v) is 8.36. The fourth-order valence-electron chi connectivity index (χ4n) is 1.77. The van der Waals surface area contributed by atoms with E-state index in [2.05, 4.69) is 10.2 Å². The molecule has 2 aliphatic rings. The predicted octanol–water partition coefficient (Wildman–Crippen LogP) is 1.77. The molecule has 0 spiro atoms. The average Bonchev–Trinajstić information content (AvgIpc) is 2.57. The van der Waals surface area contributed by atoms with Crippen LogP contribution < -0.4 is 9.47 Å². The summed E-state index contributed by atoms with van der Waals surface area (Å²) in [6.07, 6.45) is 2.57. The Morgan fingerprint density at radius 2 is 2.00 bits per heavy atom. The lowest BCUT2D eigenvalue weighted by Gasteiger charge is -2.04. The summed E-state index contributed by atoms with van der Waals surface area (Å²) in [6.45, 7) is 2.28. The molecule has 1 aromatic carbocycles. The van der Waals surface area contributed by atoms with E-state index in [9.17, 15) is 0 Å². The van der Waals surface area contributed by atoms with Crippen LogP contribution in [0.4, 0.5) is 0 Å². The van der Waals surface area contributed by atoms with Crippen LogP contribution in [0.1, 0.15) is 18.1 Å². The molecule has 2 aliphatic heterocycles. The minimum Gasteiger partial charge on any atom is -0.454 e. The largest absolute Gasteiger partial charge is 0.454 e. The molecular weight excluding hydrogens is 192 g/mol. The molecule has 4 heteroatoms. The number of hydrogen-bond donors (Lipinski definition) is 0. The monoisotopic (exact) mass is 202 g/mol. The Hall–Kier alpha value is -1.84. The van der Waals surface area contributed by atoms with E-state index in [4.69, 9.17) is 9.47 Å². The fourth-order valence-corrected chi connectivity index (χ4v) is 1.77. The Kier molecular flexibility index (Phi) is 1.74. The highest BCUT2D eigenvalue weighted by molar-refractivity contribution is 5.92. The Bertz CT molecular complexity index is 478. The second-order valence-corrected chi connectivity index (χ2v) is 3.66. The first kappa shape index (κ1) is 8.47. The van der Waals surface area contributed by atoms with Crippen molar-refractivity contribution in [3.8, 4) is 11.5 Å². The summed E-state index contributed by atoms with van der Waals surface area (Å²) in [4.78, 5) is 0. The van der Waals surface area contributed by atoms with Crippen LogP contribution in [0.2, 0.25) is 0 Å². The zero-order chi connectivity index (χ0) is 10.3. The van der Waals surface area contributed by atoms with Crippen molar-refractivity contribution in [3.05, 3.63) is 23.3 Å². The van der Waals surface area contributed by atoms with Gasteiger partial charge in [0.05, 0.1) is 6.21 Å². The molecule has 0 atom stereocenters. The van der Waals surface area contributed by atoms with Crippen molar-refractivity contribution in [2.75, 3.05) is 6.79 Å². The van der Waals surface area contributed by atoms with Crippen LogP contribution in [0.25, 0.3) is 0 Å². The summed E-state index contributed by atoms with van der Waals surface area (Å²) < 4.78 is 10.6. The maximum atomic E-state index is 5.33.